The number of thiophene rings is 1. The first-order valence-corrected chi connectivity index (χ1v) is 10.6. The summed E-state index contributed by atoms with van der Waals surface area (Å²) in [7, 11) is 0. The zero-order valence-corrected chi connectivity index (χ0v) is 17.1. The van der Waals surface area contributed by atoms with Crippen molar-refractivity contribution in [3.8, 4) is 0 Å². The van der Waals surface area contributed by atoms with Crippen molar-refractivity contribution in [3.63, 3.8) is 0 Å². The van der Waals surface area contributed by atoms with Gasteiger partial charge >= 0.3 is 5.97 Å². The number of ether oxygens (including phenoxy) is 1. The van der Waals surface area contributed by atoms with Crippen molar-refractivity contribution in [1.29, 1.82) is 0 Å². The average Bonchev–Trinajstić information content (AvgIpc) is 3.28. The molecule has 5 rings (SSSR count). The molecule has 2 N–H and O–H groups in total. The molecule has 3 heterocycles. The van der Waals surface area contributed by atoms with Gasteiger partial charge in [0.1, 0.15) is 10.5 Å². The maximum Gasteiger partial charge on any atom is 0.355 e. The third kappa shape index (κ3) is 3.15. The summed E-state index contributed by atoms with van der Waals surface area (Å²) in [6.45, 7) is 3.96. The van der Waals surface area contributed by atoms with Gasteiger partial charge in [-0.15, -0.1) is 11.3 Å². The number of nitrogens with one attached hydrogen (secondary N) is 2. The lowest BCUT2D eigenvalue weighted by molar-refractivity contribution is 0.0314. The number of benzene rings is 1. The number of hydrogen-bond donors (Lipinski definition) is 2. The highest BCUT2D eigenvalue weighted by atomic mass is 32.1. The largest absolute Gasteiger partial charge is 0.450 e. The first-order chi connectivity index (χ1) is 14.0. The van der Waals surface area contributed by atoms with Crippen molar-refractivity contribution in [1.82, 2.24) is 15.0 Å². The van der Waals surface area contributed by atoms with Crippen LogP contribution in [0.4, 0.5) is 0 Å². The molecule has 1 aromatic carbocycles. The Morgan fingerprint density at radius 2 is 2.14 bits per heavy atom. The molecule has 0 radical (unpaired) electrons. The lowest BCUT2D eigenvalue weighted by Crippen LogP contribution is -2.18. The van der Waals surface area contributed by atoms with E-state index in [9.17, 15) is 9.59 Å². The van der Waals surface area contributed by atoms with Crippen LogP contribution in [0.15, 0.2) is 35.1 Å². The highest BCUT2D eigenvalue weighted by molar-refractivity contribution is 7.18. The summed E-state index contributed by atoms with van der Waals surface area (Å²) in [5, 5.41) is 1.65. The van der Waals surface area contributed by atoms with E-state index >= 15 is 0 Å². The van der Waals surface area contributed by atoms with Gasteiger partial charge in [-0.1, -0.05) is 25.1 Å². The van der Waals surface area contributed by atoms with Gasteiger partial charge < -0.3 is 14.7 Å². The van der Waals surface area contributed by atoms with Gasteiger partial charge in [0.05, 0.1) is 5.39 Å². The van der Waals surface area contributed by atoms with E-state index in [1.165, 1.54) is 4.88 Å². The van der Waals surface area contributed by atoms with Gasteiger partial charge in [-0.2, -0.15) is 0 Å². The Balaban J connectivity index is 1.44. The molecule has 29 heavy (non-hydrogen) atoms. The number of carbonyl (C=O) groups is 1. The normalized spacial score (nSPS) is 17.4. The number of hydrogen-bond acceptors (Lipinski definition) is 5. The molecule has 148 valence electrons. The van der Waals surface area contributed by atoms with Gasteiger partial charge in [-0.3, -0.25) is 4.79 Å². The Hall–Kier alpha value is -2.93. The minimum atomic E-state index is -0.663. The van der Waals surface area contributed by atoms with Crippen molar-refractivity contribution >= 4 is 38.4 Å². The third-order valence-corrected chi connectivity index (χ3v) is 6.75. The molecule has 0 bridgehead atoms. The van der Waals surface area contributed by atoms with E-state index in [4.69, 9.17) is 4.74 Å². The fraction of sp³-hybridized carbons (Fsp3) is 0.318. The molecule has 0 saturated carbocycles. The van der Waals surface area contributed by atoms with Crippen LogP contribution >= 0.6 is 11.3 Å². The zero-order valence-electron chi connectivity index (χ0n) is 16.2. The summed E-state index contributed by atoms with van der Waals surface area (Å²) < 4.78 is 5.58. The number of esters is 1. The molecular weight excluding hydrogens is 386 g/mol. The van der Waals surface area contributed by atoms with Crippen LogP contribution in [0.5, 0.6) is 0 Å². The van der Waals surface area contributed by atoms with E-state index in [1.54, 1.807) is 24.3 Å². The number of aryl methyl sites for hydroxylation is 1. The highest BCUT2D eigenvalue weighted by Gasteiger charge is 2.24. The Bertz CT molecular complexity index is 1270. The summed E-state index contributed by atoms with van der Waals surface area (Å²) in [4.78, 5) is 37.9. The van der Waals surface area contributed by atoms with Crippen molar-refractivity contribution in [2.45, 2.75) is 39.2 Å². The molecule has 0 amide bonds. The highest BCUT2D eigenvalue weighted by Crippen LogP contribution is 2.36. The van der Waals surface area contributed by atoms with E-state index in [-0.39, 0.29) is 5.56 Å². The van der Waals surface area contributed by atoms with Crippen LogP contribution in [0.2, 0.25) is 0 Å². The number of rotatable bonds is 3. The lowest BCUT2D eigenvalue weighted by Gasteiger charge is -2.17. The first-order valence-electron chi connectivity index (χ1n) is 9.83. The van der Waals surface area contributed by atoms with E-state index in [1.807, 2.05) is 24.3 Å². The summed E-state index contributed by atoms with van der Waals surface area (Å²) in [5.74, 6) is 0.527. The molecule has 1 aliphatic rings. The fourth-order valence-corrected chi connectivity index (χ4v) is 5.41. The number of aromatic amines is 2. The third-order valence-electron chi connectivity index (χ3n) is 5.60. The number of nitrogens with zero attached hydrogens (tertiary/aromatic N) is 1. The molecule has 0 unspecified atom stereocenters. The van der Waals surface area contributed by atoms with Crippen LogP contribution < -0.4 is 5.56 Å². The second-order valence-electron chi connectivity index (χ2n) is 7.80. The minimum Gasteiger partial charge on any atom is -0.450 e. The lowest BCUT2D eigenvalue weighted by atomic mass is 9.89. The van der Waals surface area contributed by atoms with Crippen LogP contribution in [0.3, 0.4) is 0 Å². The molecule has 3 aromatic heterocycles. The van der Waals surface area contributed by atoms with Crippen LogP contribution in [0, 0.1) is 5.92 Å². The predicted octanol–water partition coefficient (Wildman–Crippen LogP) is 4.51. The summed E-state index contributed by atoms with van der Waals surface area (Å²) in [6, 6.07) is 9.42. The van der Waals surface area contributed by atoms with E-state index < -0.39 is 12.1 Å². The minimum absolute atomic E-state index is 0.148. The second-order valence-corrected chi connectivity index (χ2v) is 8.88. The number of H-pyrrole nitrogens is 2. The smallest absolute Gasteiger partial charge is 0.355 e. The molecule has 6 nitrogen and oxygen atoms in total. The number of fused-ring (bicyclic) bond motifs is 4. The maximum atomic E-state index is 12.8. The molecule has 0 saturated heterocycles. The van der Waals surface area contributed by atoms with Crippen LogP contribution in [0.1, 0.15) is 53.1 Å². The van der Waals surface area contributed by atoms with Crippen LogP contribution in [0.25, 0.3) is 21.1 Å². The first kappa shape index (κ1) is 18.1. The molecular formula is C22H21N3O3S. The Morgan fingerprint density at radius 3 is 2.97 bits per heavy atom. The van der Waals surface area contributed by atoms with Crippen molar-refractivity contribution in [2.24, 2.45) is 5.92 Å². The molecule has 0 fully saturated rings. The SMILES string of the molecule is C[C@H]1CCc2c(sc3nc([C@H](C)OC(=O)c4cc5ccccc5[nH]4)[nH]c(=O)c23)C1. The van der Waals surface area contributed by atoms with Gasteiger partial charge in [-0.25, -0.2) is 9.78 Å². The van der Waals surface area contributed by atoms with Crippen molar-refractivity contribution in [2.75, 3.05) is 0 Å². The Kier molecular flexibility index (Phi) is 4.28. The summed E-state index contributed by atoms with van der Waals surface area (Å²) in [6.07, 6.45) is 2.35. The van der Waals surface area contributed by atoms with E-state index in [0.29, 0.717) is 22.8 Å². The van der Waals surface area contributed by atoms with Crippen molar-refractivity contribution < 1.29 is 9.53 Å². The Labute approximate surface area is 170 Å². The second kappa shape index (κ2) is 6.84. The molecule has 4 aromatic rings. The molecule has 0 spiro atoms. The quantitative estimate of drug-likeness (QED) is 0.489. The van der Waals surface area contributed by atoms with Gasteiger partial charge in [0.2, 0.25) is 0 Å². The zero-order chi connectivity index (χ0) is 20.1. The summed E-state index contributed by atoms with van der Waals surface area (Å²) >= 11 is 1.59. The molecule has 1 aliphatic carbocycles. The van der Waals surface area contributed by atoms with Gasteiger partial charge in [0, 0.05) is 15.8 Å². The van der Waals surface area contributed by atoms with Crippen LogP contribution in [-0.4, -0.2) is 20.9 Å². The Morgan fingerprint density at radius 1 is 1.31 bits per heavy atom. The average molecular weight is 407 g/mol. The maximum absolute atomic E-state index is 12.8. The van der Waals surface area contributed by atoms with E-state index in [2.05, 4.69) is 21.9 Å². The number of para-hydroxylation sites is 1. The van der Waals surface area contributed by atoms with Gasteiger partial charge in [0.15, 0.2) is 11.9 Å². The van der Waals surface area contributed by atoms with Crippen LogP contribution in [-0.2, 0) is 17.6 Å². The molecule has 2 atom stereocenters. The van der Waals surface area contributed by atoms with Gasteiger partial charge in [-0.05, 0) is 49.8 Å². The van der Waals surface area contributed by atoms with Gasteiger partial charge in [0.25, 0.3) is 5.56 Å². The van der Waals surface area contributed by atoms with Crippen molar-refractivity contribution in [3.05, 3.63) is 62.6 Å². The predicted molar refractivity (Wildman–Crippen MR) is 114 cm³/mol. The topological polar surface area (TPSA) is 87.8 Å². The number of carbonyl (C=O) groups excluding carboxylic acids is 1. The monoisotopic (exact) mass is 407 g/mol. The number of aromatic nitrogens is 3. The molecule has 7 heteroatoms. The summed E-state index contributed by atoms with van der Waals surface area (Å²) in [5.41, 5.74) is 2.25. The fourth-order valence-electron chi connectivity index (χ4n) is 4.02. The standard InChI is InChI=1S/C22H21N3O3S/c1-11-7-8-14-17(9-11)29-21-18(14)20(26)24-19(25-21)12(2)28-22(27)16-10-13-5-3-4-6-15(13)23-16/h3-6,10-12,23H,7-9H2,1-2H3,(H,24,25,26)/t11-,12-/m0/s1. The van der Waals surface area contributed by atoms with E-state index in [0.717, 1.165) is 40.6 Å². The molecule has 0 aliphatic heterocycles.